The van der Waals surface area contributed by atoms with Crippen LogP contribution < -0.4 is 5.32 Å². The number of amides is 1. The zero-order valence-corrected chi connectivity index (χ0v) is 13.1. The van der Waals surface area contributed by atoms with Gasteiger partial charge in [-0.3, -0.25) is 9.20 Å². The largest absolute Gasteiger partial charge is 0.459 e. The summed E-state index contributed by atoms with van der Waals surface area (Å²) < 4.78 is 7.07. The van der Waals surface area contributed by atoms with Crippen molar-refractivity contribution in [2.45, 2.75) is 6.92 Å². The molecular formula is C17H13N3O2S. The number of nitrogens with one attached hydrogen (secondary N) is 1. The normalized spacial score (nSPS) is 11.0. The Bertz CT molecular complexity index is 969. The number of furan rings is 1. The van der Waals surface area contributed by atoms with E-state index in [0.29, 0.717) is 5.82 Å². The second-order valence-corrected chi connectivity index (χ2v) is 6.05. The van der Waals surface area contributed by atoms with Crippen LogP contribution in [0.5, 0.6) is 0 Å². The molecule has 0 spiro atoms. The molecule has 23 heavy (non-hydrogen) atoms. The molecule has 0 fully saturated rings. The van der Waals surface area contributed by atoms with E-state index in [9.17, 15) is 4.79 Å². The Morgan fingerprint density at radius 1 is 1.26 bits per heavy atom. The van der Waals surface area contributed by atoms with Gasteiger partial charge >= 0.3 is 0 Å². The van der Waals surface area contributed by atoms with Crippen LogP contribution in [-0.4, -0.2) is 15.3 Å². The number of carbonyl (C=O) groups is 1. The minimum Gasteiger partial charge on any atom is -0.459 e. The van der Waals surface area contributed by atoms with Crippen molar-refractivity contribution in [3.8, 4) is 10.6 Å². The number of rotatable bonds is 3. The van der Waals surface area contributed by atoms with E-state index >= 15 is 0 Å². The van der Waals surface area contributed by atoms with E-state index < -0.39 is 0 Å². The summed E-state index contributed by atoms with van der Waals surface area (Å²) in [5, 5.41) is 4.92. The number of aromatic nitrogens is 2. The van der Waals surface area contributed by atoms with Gasteiger partial charge in [-0.15, -0.1) is 11.3 Å². The molecule has 0 saturated heterocycles. The Balaban J connectivity index is 1.88. The SMILES string of the molecule is Cc1cccn2c(NC(=O)c3ccco3)c(-c3cccs3)nc12. The Hall–Kier alpha value is -2.86. The van der Waals surface area contributed by atoms with E-state index in [-0.39, 0.29) is 11.7 Å². The average Bonchev–Trinajstić information content (AvgIpc) is 3.29. The highest BCUT2D eigenvalue weighted by molar-refractivity contribution is 7.13. The van der Waals surface area contributed by atoms with E-state index in [1.54, 1.807) is 23.5 Å². The van der Waals surface area contributed by atoms with Gasteiger partial charge < -0.3 is 9.73 Å². The van der Waals surface area contributed by atoms with Gasteiger partial charge in [0.05, 0.1) is 11.1 Å². The highest BCUT2D eigenvalue weighted by atomic mass is 32.1. The molecule has 0 aromatic carbocycles. The quantitative estimate of drug-likeness (QED) is 0.614. The van der Waals surface area contributed by atoms with Gasteiger partial charge in [0.2, 0.25) is 0 Å². The number of anilines is 1. The number of thiophene rings is 1. The number of imidazole rings is 1. The first-order valence-corrected chi connectivity index (χ1v) is 7.98. The molecule has 4 aromatic heterocycles. The molecule has 114 valence electrons. The minimum absolute atomic E-state index is 0.268. The molecule has 0 atom stereocenters. The number of fused-ring (bicyclic) bond motifs is 1. The van der Waals surface area contributed by atoms with Crippen molar-refractivity contribution < 1.29 is 9.21 Å². The van der Waals surface area contributed by atoms with E-state index in [1.165, 1.54) is 6.26 Å². The van der Waals surface area contributed by atoms with Crippen molar-refractivity contribution in [1.82, 2.24) is 9.38 Å². The van der Waals surface area contributed by atoms with Crippen molar-refractivity contribution in [2.24, 2.45) is 0 Å². The van der Waals surface area contributed by atoms with Crippen LogP contribution in [0.4, 0.5) is 5.82 Å². The monoisotopic (exact) mass is 323 g/mol. The number of pyridine rings is 1. The van der Waals surface area contributed by atoms with E-state index in [4.69, 9.17) is 9.40 Å². The molecule has 4 rings (SSSR count). The van der Waals surface area contributed by atoms with Gasteiger partial charge in [-0.1, -0.05) is 12.1 Å². The number of hydrogen-bond donors (Lipinski definition) is 1. The maximum Gasteiger partial charge on any atom is 0.292 e. The molecule has 0 radical (unpaired) electrons. The molecule has 0 aliphatic carbocycles. The van der Waals surface area contributed by atoms with Gasteiger partial charge in [0.15, 0.2) is 5.76 Å². The van der Waals surface area contributed by atoms with Crippen LogP contribution in [0.15, 0.2) is 58.7 Å². The van der Waals surface area contributed by atoms with Crippen LogP contribution in [0.25, 0.3) is 16.2 Å². The first-order chi connectivity index (χ1) is 11.2. The lowest BCUT2D eigenvalue weighted by molar-refractivity contribution is 0.0996. The van der Waals surface area contributed by atoms with Gasteiger partial charge in [0, 0.05) is 6.20 Å². The van der Waals surface area contributed by atoms with Crippen molar-refractivity contribution >= 4 is 28.7 Å². The summed E-state index contributed by atoms with van der Waals surface area (Å²) in [5.41, 5.74) is 2.63. The molecule has 0 bridgehead atoms. The second-order valence-electron chi connectivity index (χ2n) is 5.10. The minimum atomic E-state index is -0.295. The topological polar surface area (TPSA) is 59.5 Å². The lowest BCUT2D eigenvalue weighted by Crippen LogP contribution is -2.13. The number of carbonyl (C=O) groups excluding carboxylic acids is 1. The lowest BCUT2D eigenvalue weighted by atomic mass is 10.3. The molecule has 6 heteroatoms. The van der Waals surface area contributed by atoms with Crippen molar-refractivity contribution in [1.29, 1.82) is 0 Å². The van der Waals surface area contributed by atoms with Gasteiger partial charge in [-0.2, -0.15) is 0 Å². The fourth-order valence-electron chi connectivity index (χ4n) is 2.49. The van der Waals surface area contributed by atoms with Crippen LogP contribution in [0.1, 0.15) is 16.1 Å². The Labute approximate surface area is 136 Å². The molecule has 0 saturated carbocycles. The maximum atomic E-state index is 12.4. The Morgan fingerprint density at radius 2 is 2.17 bits per heavy atom. The van der Waals surface area contributed by atoms with Gasteiger partial charge in [0.1, 0.15) is 17.2 Å². The molecule has 0 aliphatic rings. The molecule has 4 aromatic rings. The van der Waals surface area contributed by atoms with Crippen molar-refractivity contribution in [3.63, 3.8) is 0 Å². The summed E-state index contributed by atoms with van der Waals surface area (Å²) in [6.07, 6.45) is 3.37. The Kier molecular flexibility index (Phi) is 3.24. The summed E-state index contributed by atoms with van der Waals surface area (Å²) in [7, 11) is 0. The summed E-state index contributed by atoms with van der Waals surface area (Å²) in [6, 6.07) is 11.2. The fourth-order valence-corrected chi connectivity index (χ4v) is 3.20. The van der Waals surface area contributed by atoms with Crippen LogP contribution >= 0.6 is 11.3 Å². The van der Waals surface area contributed by atoms with Gasteiger partial charge in [-0.05, 0) is 42.1 Å². The molecule has 0 aliphatic heterocycles. The van der Waals surface area contributed by atoms with E-state index in [1.807, 2.05) is 47.2 Å². The highest BCUT2D eigenvalue weighted by Crippen LogP contribution is 2.33. The first kappa shape index (κ1) is 13.8. The van der Waals surface area contributed by atoms with Crippen molar-refractivity contribution in [3.05, 3.63) is 65.6 Å². The number of aryl methyl sites for hydroxylation is 1. The summed E-state index contributed by atoms with van der Waals surface area (Å²) in [5.74, 6) is 0.619. The number of hydrogen-bond acceptors (Lipinski definition) is 4. The summed E-state index contributed by atoms with van der Waals surface area (Å²) >= 11 is 1.59. The van der Waals surface area contributed by atoms with Gasteiger partial charge in [-0.25, -0.2) is 4.98 Å². The zero-order chi connectivity index (χ0) is 15.8. The predicted molar refractivity (Wildman–Crippen MR) is 89.9 cm³/mol. The van der Waals surface area contributed by atoms with Crippen LogP contribution in [-0.2, 0) is 0 Å². The fraction of sp³-hybridized carbons (Fsp3) is 0.0588. The summed E-state index contributed by atoms with van der Waals surface area (Å²) in [6.45, 7) is 2.00. The summed E-state index contributed by atoms with van der Waals surface area (Å²) in [4.78, 5) is 18.1. The third-order valence-electron chi connectivity index (χ3n) is 3.58. The second kappa shape index (κ2) is 5.40. The van der Waals surface area contributed by atoms with Crippen LogP contribution in [0, 0.1) is 6.92 Å². The molecule has 5 nitrogen and oxygen atoms in total. The molecule has 4 heterocycles. The predicted octanol–water partition coefficient (Wildman–Crippen LogP) is 4.22. The highest BCUT2D eigenvalue weighted by Gasteiger charge is 2.19. The molecular weight excluding hydrogens is 310 g/mol. The average molecular weight is 323 g/mol. The van der Waals surface area contributed by atoms with Gasteiger partial charge in [0.25, 0.3) is 5.91 Å². The Morgan fingerprint density at radius 3 is 2.91 bits per heavy atom. The third-order valence-corrected chi connectivity index (χ3v) is 4.45. The van der Waals surface area contributed by atoms with E-state index in [0.717, 1.165) is 21.8 Å². The zero-order valence-electron chi connectivity index (χ0n) is 12.3. The van der Waals surface area contributed by atoms with Crippen LogP contribution in [0.2, 0.25) is 0 Å². The van der Waals surface area contributed by atoms with Crippen LogP contribution in [0.3, 0.4) is 0 Å². The maximum absolute atomic E-state index is 12.4. The standard InChI is InChI=1S/C17H13N3O2S/c1-11-5-2-8-20-15(11)18-14(13-7-4-10-23-13)16(20)19-17(21)12-6-3-9-22-12/h2-10H,1H3,(H,19,21). The lowest BCUT2D eigenvalue weighted by Gasteiger charge is -2.06. The molecule has 1 amide bonds. The van der Waals surface area contributed by atoms with E-state index in [2.05, 4.69) is 5.32 Å². The molecule has 0 unspecified atom stereocenters. The third kappa shape index (κ3) is 2.33. The van der Waals surface area contributed by atoms with Crippen molar-refractivity contribution in [2.75, 3.05) is 5.32 Å². The smallest absolute Gasteiger partial charge is 0.292 e. The molecule has 1 N–H and O–H groups in total. The number of nitrogens with zero attached hydrogens (tertiary/aromatic N) is 2. The first-order valence-electron chi connectivity index (χ1n) is 7.10.